The van der Waals surface area contributed by atoms with Crippen LogP contribution in [0.3, 0.4) is 0 Å². The summed E-state index contributed by atoms with van der Waals surface area (Å²) in [4.78, 5) is 35.2. The van der Waals surface area contributed by atoms with Crippen molar-refractivity contribution in [1.29, 1.82) is 0 Å². The fourth-order valence-corrected chi connectivity index (χ4v) is 8.11. The van der Waals surface area contributed by atoms with E-state index in [1.165, 1.54) is 54.1 Å². The summed E-state index contributed by atoms with van der Waals surface area (Å²) < 4.78 is 10.5. The van der Waals surface area contributed by atoms with E-state index in [1.54, 1.807) is 91.0 Å². The number of hydrogen-bond acceptors (Lipinski definition) is 16. The summed E-state index contributed by atoms with van der Waals surface area (Å²) >= 11 is 0. The third kappa shape index (κ3) is 26.7. The van der Waals surface area contributed by atoms with Crippen LogP contribution in [-0.2, 0) is 46.5 Å². The molecule has 14 N–H and O–H groups in total. The van der Waals surface area contributed by atoms with E-state index in [0.717, 1.165) is 58.6 Å². The fourth-order valence-electron chi connectivity index (χ4n) is 8.11. The number of ether oxygens (including phenoxy) is 2. The van der Waals surface area contributed by atoms with Gasteiger partial charge in [0.2, 0.25) is 24.5 Å². The Morgan fingerprint density at radius 1 is 0.378 bits per heavy atom. The van der Waals surface area contributed by atoms with E-state index in [1.807, 2.05) is 80.6 Å². The topological polar surface area (TPSA) is 320 Å². The number of amides is 3. The fraction of sp³-hybridized carbons (Fsp3) is 0.197. The zero-order valence-corrected chi connectivity index (χ0v) is 50.1. The maximum absolute atomic E-state index is 11.8. The largest absolute Gasteiger partial charge is 0.508 e. The van der Waals surface area contributed by atoms with Gasteiger partial charge in [0, 0.05) is 44.8 Å². The number of aromatic hydroxyl groups is 10. The lowest BCUT2D eigenvalue weighted by atomic mass is 10.1. The Labute approximate surface area is 523 Å². The molecule has 19 heteroatoms. The number of nitrogens with one attached hydrogen (secondary N) is 4. The Hall–Kier alpha value is -11.1. The van der Waals surface area contributed by atoms with Crippen LogP contribution in [0.25, 0.3) is 18.2 Å². The molecule has 1 heterocycles. The van der Waals surface area contributed by atoms with Crippen LogP contribution in [0.4, 0.5) is 0 Å². The minimum Gasteiger partial charge on any atom is -0.508 e. The summed E-state index contributed by atoms with van der Waals surface area (Å²) in [6, 6.07) is 46.9. The van der Waals surface area contributed by atoms with Crippen molar-refractivity contribution in [2.24, 2.45) is 0 Å². The highest BCUT2D eigenvalue weighted by Gasteiger charge is 2.13. The molecule has 0 fully saturated rings. The van der Waals surface area contributed by atoms with Crippen LogP contribution < -0.4 is 30.7 Å². The summed E-state index contributed by atoms with van der Waals surface area (Å²) in [6.45, 7) is 7.35. The molecule has 90 heavy (non-hydrogen) atoms. The van der Waals surface area contributed by atoms with Crippen LogP contribution in [0, 0.1) is 0 Å². The third-order valence-corrected chi connectivity index (χ3v) is 13.0. The second kappa shape index (κ2) is 38.2. The molecular formula is C71H78N4O15. The summed E-state index contributed by atoms with van der Waals surface area (Å²) in [5.74, 6) is 0.933. The quantitative estimate of drug-likeness (QED) is 0.0170. The molecule has 3 amide bonds. The van der Waals surface area contributed by atoms with Crippen molar-refractivity contribution in [1.82, 2.24) is 21.3 Å². The minimum atomic E-state index is -0.244. The van der Waals surface area contributed by atoms with Gasteiger partial charge in [-0.3, -0.25) is 14.4 Å². The Kier molecular flexibility index (Phi) is 29.6. The maximum Gasteiger partial charge on any atom is 0.244 e. The van der Waals surface area contributed by atoms with Gasteiger partial charge in [-0.15, -0.1) is 0 Å². The van der Waals surface area contributed by atoms with Gasteiger partial charge in [-0.2, -0.15) is 0 Å². The first-order valence-corrected chi connectivity index (χ1v) is 29.1. The Balaban J connectivity index is 0.000000216. The van der Waals surface area contributed by atoms with Gasteiger partial charge in [0.15, 0.2) is 46.0 Å². The zero-order chi connectivity index (χ0) is 65.0. The molecule has 9 rings (SSSR count). The zero-order valence-electron chi connectivity index (χ0n) is 50.1. The molecule has 0 aromatic heterocycles. The molecule has 19 nitrogen and oxygen atoms in total. The van der Waals surface area contributed by atoms with Crippen molar-refractivity contribution < 1.29 is 74.9 Å². The van der Waals surface area contributed by atoms with Crippen molar-refractivity contribution in [3.63, 3.8) is 0 Å². The van der Waals surface area contributed by atoms with Crippen LogP contribution in [-0.4, -0.2) is 108 Å². The third-order valence-electron chi connectivity index (χ3n) is 13.0. The molecule has 0 spiro atoms. The first kappa shape index (κ1) is 69.7. The number of phenols is 10. The van der Waals surface area contributed by atoms with E-state index < -0.39 is 0 Å². The van der Waals surface area contributed by atoms with E-state index in [-0.39, 0.29) is 82.0 Å². The first-order valence-electron chi connectivity index (χ1n) is 29.1. The van der Waals surface area contributed by atoms with Crippen molar-refractivity contribution in [3.05, 3.63) is 233 Å². The van der Waals surface area contributed by atoms with Gasteiger partial charge in [-0.05, 0) is 192 Å². The average Bonchev–Trinajstić information content (AvgIpc) is 3.90. The number of hydrogen-bond donors (Lipinski definition) is 14. The summed E-state index contributed by atoms with van der Waals surface area (Å²) in [5, 5.41) is 104. The summed E-state index contributed by atoms with van der Waals surface area (Å²) in [6.07, 6.45) is 13.8. The van der Waals surface area contributed by atoms with E-state index in [9.17, 15) is 65.4 Å². The Morgan fingerprint density at radius 2 is 0.744 bits per heavy atom. The van der Waals surface area contributed by atoms with Gasteiger partial charge in [-0.25, -0.2) is 0 Å². The monoisotopic (exact) mass is 1230 g/mol. The molecular weight excluding hydrogens is 1150 g/mol. The normalized spacial score (nSPS) is 11.0. The standard InChI is InChI=1S/C18H17NO4.C17H19NO4.C17H17NO4.C17H19NO3.C2H6/c20-15-5-1-13(2-6-15)9-10-19-18(21)8-4-14-3-7-16-17(11-14)23-12-22-16;2*19-14-5-1-12(2-6-14)9-10-18-17(22)8-4-13-3-7-15(20)16(21)11-13;19-15-6-3-13(4-7-15)9-11-18-10-1-2-14-5-8-16(20)17(21)12-14;1-2/h1-8,11,20H,9-10,12H2,(H,19,21);1-3,5-7,11,19-21H,4,8-10H2,(H,18,22);1-8,11,19-21H,9-10H2,(H,18,22);1-8,12,18-21H,9-11H2;1-2H3/b8-4+;;8-4+;2-1+;. The molecule has 1 aliphatic rings. The number of aryl methyl sites for hydroxylation is 1. The molecule has 0 saturated heterocycles. The SMILES string of the molecule is CC.O=C(/C=C/c1ccc(O)c(O)c1)NCCc1ccc(O)cc1.O=C(/C=C/c1ccc2c(c1)OCO2)NCCc1ccc(O)cc1.O=C(CCc1ccc(O)c(O)c1)NCCc1ccc(O)cc1.Oc1ccc(CCNC/C=C/c2ccc(O)c(O)c2)cc1. The van der Waals surface area contributed by atoms with Crippen LogP contribution in [0.2, 0.25) is 0 Å². The highest BCUT2D eigenvalue weighted by molar-refractivity contribution is 5.92. The Bertz CT molecular complexity index is 3590. The maximum atomic E-state index is 11.8. The first-order chi connectivity index (χ1) is 43.4. The average molecular weight is 1230 g/mol. The number of rotatable bonds is 22. The van der Waals surface area contributed by atoms with Gasteiger partial charge in [0.1, 0.15) is 23.0 Å². The molecule has 472 valence electrons. The number of carbonyl (C=O) groups excluding carboxylic acids is 3. The van der Waals surface area contributed by atoms with Crippen molar-refractivity contribution in [2.75, 3.05) is 39.5 Å². The van der Waals surface area contributed by atoms with E-state index in [2.05, 4.69) is 21.3 Å². The summed E-state index contributed by atoms with van der Waals surface area (Å²) in [5.41, 5.74) is 7.42. The van der Waals surface area contributed by atoms with Gasteiger partial charge in [-0.1, -0.05) is 98.8 Å². The molecule has 0 saturated carbocycles. The lowest BCUT2D eigenvalue weighted by Gasteiger charge is -2.06. The molecule has 8 aromatic rings. The predicted octanol–water partition coefficient (Wildman–Crippen LogP) is 10.4. The molecule has 0 bridgehead atoms. The smallest absolute Gasteiger partial charge is 0.244 e. The molecule has 0 aliphatic carbocycles. The predicted molar refractivity (Wildman–Crippen MR) is 348 cm³/mol. The van der Waals surface area contributed by atoms with Gasteiger partial charge in [0.25, 0.3) is 0 Å². The second-order valence-corrected chi connectivity index (χ2v) is 19.8. The second-order valence-electron chi connectivity index (χ2n) is 19.8. The molecule has 8 aromatic carbocycles. The number of carbonyl (C=O) groups is 3. The van der Waals surface area contributed by atoms with Gasteiger partial charge < -0.3 is 81.8 Å². The van der Waals surface area contributed by atoms with Crippen LogP contribution in [0.1, 0.15) is 64.8 Å². The van der Waals surface area contributed by atoms with E-state index in [4.69, 9.17) is 9.47 Å². The molecule has 0 unspecified atom stereocenters. The lowest BCUT2D eigenvalue weighted by Crippen LogP contribution is -2.25. The molecule has 0 atom stereocenters. The molecule has 0 radical (unpaired) electrons. The van der Waals surface area contributed by atoms with Gasteiger partial charge >= 0.3 is 0 Å². The van der Waals surface area contributed by atoms with Crippen molar-refractivity contribution in [3.8, 4) is 69.0 Å². The summed E-state index contributed by atoms with van der Waals surface area (Å²) in [7, 11) is 0. The van der Waals surface area contributed by atoms with Crippen LogP contribution >= 0.6 is 0 Å². The Morgan fingerprint density at radius 3 is 1.19 bits per heavy atom. The van der Waals surface area contributed by atoms with Gasteiger partial charge in [0.05, 0.1) is 0 Å². The highest BCUT2D eigenvalue weighted by atomic mass is 16.7. The number of phenolic OH excluding ortho intramolecular Hbond substituents is 10. The lowest BCUT2D eigenvalue weighted by molar-refractivity contribution is -0.121. The molecule has 1 aliphatic heterocycles. The number of benzene rings is 8. The van der Waals surface area contributed by atoms with E-state index in [0.29, 0.717) is 63.1 Å². The van der Waals surface area contributed by atoms with Crippen molar-refractivity contribution in [2.45, 2.75) is 52.4 Å². The van der Waals surface area contributed by atoms with Crippen molar-refractivity contribution >= 4 is 35.9 Å². The van der Waals surface area contributed by atoms with E-state index >= 15 is 0 Å². The van der Waals surface area contributed by atoms with Crippen LogP contribution in [0.15, 0.2) is 188 Å². The highest BCUT2D eigenvalue weighted by Crippen LogP contribution is 2.33. The minimum absolute atomic E-state index is 0.0636. The number of fused-ring (bicyclic) bond motifs is 1. The van der Waals surface area contributed by atoms with Crippen LogP contribution in [0.5, 0.6) is 69.0 Å².